The summed E-state index contributed by atoms with van der Waals surface area (Å²) in [4.78, 5) is 24.5. The predicted octanol–water partition coefficient (Wildman–Crippen LogP) is 6.45. The number of ether oxygens (including phenoxy) is 1. The summed E-state index contributed by atoms with van der Waals surface area (Å²) in [6.45, 7) is 4.34. The van der Waals surface area contributed by atoms with Gasteiger partial charge in [-0.15, -0.1) is 0 Å². The van der Waals surface area contributed by atoms with Gasteiger partial charge in [-0.05, 0) is 84.3 Å². The van der Waals surface area contributed by atoms with Crippen LogP contribution >= 0.6 is 7.60 Å². The zero-order valence-corrected chi connectivity index (χ0v) is 24.6. The summed E-state index contributed by atoms with van der Waals surface area (Å²) in [5.41, 5.74) is 12.1. The Labute approximate surface area is 244 Å². The molecule has 0 aliphatic carbocycles. The first-order valence-electron chi connectivity index (χ1n) is 13.6. The lowest BCUT2D eigenvalue weighted by Gasteiger charge is -2.35. The van der Waals surface area contributed by atoms with Gasteiger partial charge in [0, 0.05) is 36.5 Å². The van der Waals surface area contributed by atoms with Crippen molar-refractivity contribution < 1.29 is 27.9 Å². The zero-order chi connectivity index (χ0) is 30.2. The Balaban J connectivity index is 1.21. The summed E-state index contributed by atoms with van der Waals surface area (Å²) >= 11 is 0. The highest BCUT2D eigenvalue weighted by Gasteiger charge is 2.48. The number of pyridine rings is 1. The van der Waals surface area contributed by atoms with E-state index in [4.69, 9.17) is 25.2 Å². The molecule has 42 heavy (non-hydrogen) atoms. The van der Waals surface area contributed by atoms with E-state index in [-0.39, 0.29) is 18.3 Å². The summed E-state index contributed by atoms with van der Waals surface area (Å²) in [7, 11) is -3.52. The predicted molar refractivity (Wildman–Crippen MR) is 160 cm³/mol. The van der Waals surface area contributed by atoms with Gasteiger partial charge in [0.15, 0.2) is 0 Å². The van der Waals surface area contributed by atoms with Gasteiger partial charge in [-0.3, -0.25) is 9.55 Å². The molecule has 0 saturated carbocycles. The van der Waals surface area contributed by atoms with E-state index in [0.717, 1.165) is 52.0 Å². The van der Waals surface area contributed by atoms with Crippen molar-refractivity contribution in [1.29, 1.82) is 0 Å². The molecule has 1 unspecified atom stereocenters. The van der Waals surface area contributed by atoms with E-state index >= 15 is 0 Å². The molecule has 0 spiro atoms. The molecule has 220 valence electrons. The maximum atomic E-state index is 13.7. The van der Waals surface area contributed by atoms with Crippen LogP contribution in [-0.4, -0.2) is 27.5 Å². The highest BCUT2D eigenvalue weighted by molar-refractivity contribution is 7.53. The number of hydrogen-bond acceptors (Lipinski definition) is 5. The molecular formula is C32H34F2N3O4P. The van der Waals surface area contributed by atoms with Gasteiger partial charge in [-0.1, -0.05) is 42.5 Å². The lowest BCUT2D eigenvalue weighted by Crippen LogP contribution is -2.35. The molecule has 1 aliphatic heterocycles. The summed E-state index contributed by atoms with van der Waals surface area (Å²) in [6.07, 6.45) is 2.24. The highest BCUT2D eigenvalue weighted by Crippen LogP contribution is 2.54. The number of halogens is 2. The summed E-state index contributed by atoms with van der Waals surface area (Å²) < 4.78 is 44.2. The number of aryl methyl sites for hydroxylation is 4. The van der Waals surface area contributed by atoms with Crippen LogP contribution in [0.2, 0.25) is 0 Å². The fourth-order valence-corrected chi connectivity index (χ4v) is 5.58. The largest absolute Gasteiger partial charge is 0.489 e. The second-order valence-corrected chi connectivity index (χ2v) is 12.7. The molecule has 0 fully saturated rings. The molecule has 4 aromatic rings. The van der Waals surface area contributed by atoms with E-state index in [2.05, 4.69) is 36.1 Å². The van der Waals surface area contributed by atoms with Gasteiger partial charge in [0.25, 0.3) is 0 Å². The van der Waals surface area contributed by atoms with E-state index < -0.39 is 19.7 Å². The van der Waals surface area contributed by atoms with E-state index in [9.17, 15) is 13.3 Å². The van der Waals surface area contributed by atoms with E-state index in [1.54, 1.807) is 12.1 Å². The smallest absolute Gasteiger partial charge is 0.394 e. The van der Waals surface area contributed by atoms with Gasteiger partial charge in [0.2, 0.25) is 0 Å². The first-order chi connectivity index (χ1) is 19.8. The molecule has 1 aromatic heterocycles. The Kier molecular flexibility index (Phi) is 8.23. The van der Waals surface area contributed by atoms with Gasteiger partial charge >= 0.3 is 13.3 Å². The summed E-state index contributed by atoms with van der Waals surface area (Å²) in [6, 6.07) is 20.6. The van der Waals surface area contributed by atoms with Gasteiger partial charge in [-0.25, -0.2) is 0 Å². The maximum Gasteiger partial charge on any atom is 0.394 e. The molecule has 0 radical (unpaired) electrons. The van der Waals surface area contributed by atoms with Gasteiger partial charge in [-0.2, -0.15) is 8.78 Å². The van der Waals surface area contributed by atoms with Crippen LogP contribution in [0.1, 0.15) is 45.2 Å². The van der Waals surface area contributed by atoms with E-state index in [1.807, 2.05) is 38.4 Å². The van der Waals surface area contributed by atoms with Gasteiger partial charge in [0.1, 0.15) is 18.5 Å². The lowest BCUT2D eigenvalue weighted by molar-refractivity contribution is 0.0594. The van der Waals surface area contributed by atoms with E-state index in [0.29, 0.717) is 5.75 Å². The Morgan fingerprint density at radius 1 is 0.952 bits per heavy atom. The Morgan fingerprint density at radius 2 is 1.67 bits per heavy atom. The van der Waals surface area contributed by atoms with Crippen LogP contribution in [0.5, 0.6) is 5.75 Å². The zero-order valence-electron chi connectivity index (χ0n) is 23.7. The molecule has 5 rings (SSSR count). The van der Waals surface area contributed by atoms with Crippen molar-refractivity contribution >= 4 is 13.3 Å². The second-order valence-electron chi connectivity index (χ2n) is 10.9. The number of rotatable bonds is 9. The molecular weight excluding hydrogens is 559 g/mol. The third kappa shape index (κ3) is 6.25. The van der Waals surface area contributed by atoms with Crippen molar-refractivity contribution in [2.45, 2.75) is 51.5 Å². The molecule has 10 heteroatoms. The number of benzene rings is 3. The summed E-state index contributed by atoms with van der Waals surface area (Å²) in [5, 5.41) is 0. The number of hydrogen-bond donors (Lipinski definition) is 3. The molecule has 0 bridgehead atoms. The quantitative estimate of drug-likeness (QED) is 0.191. The minimum Gasteiger partial charge on any atom is -0.489 e. The monoisotopic (exact) mass is 593 g/mol. The Bertz CT molecular complexity index is 1660. The standard InChI is InChI=1S/C32H34F2N3O4P/c1-20-4-13-27-28-16-24(18-36-30(28)31(35)37(3)29(27)14-20)9-10-25-11-12-26(15-21(25)2)41-19-23-7-5-22(6-8-23)17-32(33,34)42(38,39)40/h4-8,11-16,18,31H,9-10,17,19,35H2,1-3H3,(H2,38,39,40). The van der Waals surface area contributed by atoms with Crippen molar-refractivity contribution in [2.75, 3.05) is 11.9 Å². The van der Waals surface area contributed by atoms with Crippen molar-refractivity contribution in [3.63, 3.8) is 0 Å². The molecule has 7 nitrogen and oxygen atoms in total. The van der Waals surface area contributed by atoms with Crippen LogP contribution in [0.3, 0.4) is 0 Å². The molecule has 1 aliphatic rings. The number of nitrogens with two attached hydrogens (primary N) is 1. The Morgan fingerprint density at radius 3 is 2.36 bits per heavy atom. The molecule has 4 N–H and O–H groups in total. The van der Waals surface area contributed by atoms with Gasteiger partial charge < -0.3 is 25.2 Å². The van der Waals surface area contributed by atoms with E-state index in [1.165, 1.54) is 23.3 Å². The SMILES string of the molecule is Cc1ccc2c(c1)N(C)C(N)c1ncc(CCc3ccc(OCc4ccc(CC(F)(F)P(=O)(O)O)cc4)cc3C)cc1-2. The fraction of sp³-hybridized carbons (Fsp3) is 0.281. The average Bonchev–Trinajstić information content (AvgIpc) is 2.94. The van der Waals surface area contributed by atoms with Crippen molar-refractivity contribution in [2.24, 2.45) is 5.73 Å². The molecule has 3 aromatic carbocycles. The average molecular weight is 594 g/mol. The maximum absolute atomic E-state index is 13.7. The fourth-order valence-electron chi connectivity index (χ4n) is 5.19. The van der Waals surface area contributed by atoms with Crippen LogP contribution in [0.25, 0.3) is 11.1 Å². The number of nitrogens with zero attached hydrogens (tertiary/aromatic N) is 2. The second kappa shape index (κ2) is 11.6. The highest BCUT2D eigenvalue weighted by atomic mass is 31.2. The lowest BCUT2D eigenvalue weighted by atomic mass is 9.92. The van der Waals surface area contributed by atoms with Crippen LogP contribution < -0.4 is 15.4 Å². The van der Waals surface area contributed by atoms with Crippen molar-refractivity contribution in [1.82, 2.24) is 4.98 Å². The third-order valence-corrected chi connectivity index (χ3v) is 8.77. The van der Waals surface area contributed by atoms with Crippen LogP contribution in [0.4, 0.5) is 14.5 Å². The van der Waals surface area contributed by atoms with Crippen LogP contribution in [0.15, 0.2) is 72.9 Å². The van der Waals surface area contributed by atoms with Crippen LogP contribution in [-0.2, 0) is 30.4 Å². The number of fused-ring (bicyclic) bond motifs is 3. The topological polar surface area (TPSA) is 109 Å². The Hall–Kier alpha value is -3.62. The molecule has 2 heterocycles. The first-order valence-corrected chi connectivity index (χ1v) is 15.3. The summed E-state index contributed by atoms with van der Waals surface area (Å²) in [5.74, 6) is 0.689. The third-order valence-electron chi connectivity index (χ3n) is 7.76. The molecule has 1 atom stereocenters. The molecule has 0 saturated heterocycles. The minimum absolute atomic E-state index is 0.135. The van der Waals surface area contributed by atoms with Crippen molar-refractivity contribution in [3.8, 4) is 16.9 Å². The number of anilines is 1. The first kappa shape index (κ1) is 29.9. The van der Waals surface area contributed by atoms with Crippen molar-refractivity contribution in [3.05, 3.63) is 112 Å². The van der Waals surface area contributed by atoms with Crippen LogP contribution in [0, 0.1) is 13.8 Å². The van der Waals surface area contributed by atoms with Gasteiger partial charge in [0.05, 0.1) is 5.69 Å². The molecule has 0 amide bonds. The number of aromatic nitrogens is 1. The normalized spacial score (nSPS) is 14.9. The minimum atomic E-state index is -5.52. The number of alkyl halides is 2.